The zero-order valence-corrected chi connectivity index (χ0v) is 12.4. The van der Waals surface area contributed by atoms with Gasteiger partial charge in [-0.1, -0.05) is 25.6 Å². The predicted octanol–water partition coefficient (Wildman–Crippen LogP) is 1.20. The number of fused-ring (bicyclic) bond motifs is 1. The Bertz CT molecular complexity index is 677. The van der Waals surface area contributed by atoms with Gasteiger partial charge in [0.2, 0.25) is 5.78 Å². The Labute approximate surface area is 119 Å². The molecule has 0 aliphatic rings. The number of aromatic nitrogens is 4. The van der Waals surface area contributed by atoms with Crippen molar-refractivity contribution in [2.45, 2.75) is 31.8 Å². The van der Waals surface area contributed by atoms with Crippen molar-refractivity contribution in [1.82, 2.24) is 19.6 Å². The van der Waals surface area contributed by atoms with Gasteiger partial charge in [-0.05, 0) is 12.8 Å². The fraction of sp³-hybridized carbons (Fsp3) is 0.500. The third-order valence-corrected chi connectivity index (χ3v) is 3.52. The van der Waals surface area contributed by atoms with Gasteiger partial charge in [0.25, 0.3) is 5.56 Å². The molecule has 20 heavy (non-hydrogen) atoms. The molecule has 0 aromatic carbocycles. The van der Waals surface area contributed by atoms with E-state index in [1.165, 1.54) is 17.8 Å². The molecule has 0 bridgehead atoms. The van der Waals surface area contributed by atoms with Crippen molar-refractivity contribution in [2.24, 2.45) is 0 Å². The van der Waals surface area contributed by atoms with E-state index in [1.54, 1.807) is 11.3 Å². The maximum absolute atomic E-state index is 11.6. The summed E-state index contributed by atoms with van der Waals surface area (Å²) < 4.78 is 6.63. The van der Waals surface area contributed by atoms with Crippen LogP contribution in [-0.2, 0) is 9.53 Å². The summed E-state index contributed by atoms with van der Waals surface area (Å²) in [7, 11) is 0. The number of hydrogen-bond donors (Lipinski definition) is 1. The molecule has 2 aromatic rings. The summed E-state index contributed by atoms with van der Waals surface area (Å²) >= 11 is 1.23. The summed E-state index contributed by atoms with van der Waals surface area (Å²) in [6.45, 7) is 6.07. The standard InChI is InChI=1S/C12H16N4O3S/c1-4-19-10(18)6-20-12-15-14-11-13-9(17)5-8(7(2)3)16(11)12/h5,7H,4,6H2,1-3H3,(H,13,14,17). The Morgan fingerprint density at radius 1 is 1.50 bits per heavy atom. The van der Waals surface area contributed by atoms with Gasteiger partial charge in [0.05, 0.1) is 12.4 Å². The number of esters is 1. The van der Waals surface area contributed by atoms with E-state index < -0.39 is 0 Å². The Kier molecular flexibility index (Phi) is 4.43. The molecule has 0 atom stereocenters. The molecule has 8 heteroatoms. The first kappa shape index (κ1) is 14.6. The summed E-state index contributed by atoms with van der Waals surface area (Å²) in [6, 6.07) is 1.52. The van der Waals surface area contributed by atoms with E-state index in [9.17, 15) is 9.59 Å². The van der Waals surface area contributed by atoms with Crippen molar-refractivity contribution in [3.8, 4) is 0 Å². The van der Waals surface area contributed by atoms with Crippen molar-refractivity contribution in [3.63, 3.8) is 0 Å². The van der Waals surface area contributed by atoms with Gasteiger partial charge in [0.1, 0.15) is 0 Å². The van der Waals surface area contributed by atoms with E-state index >= 15 is 0 Å². The summed E-state index contributed by atoms with van der Waals surface area (Å²) in [5.41, 5.74) is 0.593. The van der Waals surface area contributed by atoms with Crippen LogP contribution in [-0.4, -0.2) is 37.9 Å². The van der Waals surface area contributed by atoms with Crippen LogP contribution >= 0.6 is 11.8 Å². The maximum Gasteiger partial charge on any atom is 0.316 e. The van der Waals surface area contributed by atoms with Crippen molar-refractivity contribution >= 4 is 23.5 Å². The largest absolute Gasteiger partial charge is 0.465 e. The zero-order valence-electron chi connectivity index (χ0n) is 11.5. The number of carbonyl (C=O) groups is 1. The number of H-pyrrole nitrogens is 1. The quantitative estimate of drug-likeness (QED) is 0.658. The normalized spacial score (nSPS) is 11.2. The van der Waals surface area contributed by atoms with Crippen LogP contribution in [0.2, 0.25) is 0 Å². The molecular formula is C12H16N4O3S. The first-order valence-corrected chi connectivity index (χ1v) is 7.28. The van der Waals surface area contributed by atoms with Crippen molar-refractivity contribution in [3.05, 3.63) is 22.1 Å². The second-order valence-corrected chi connectivity index (χ2v) is 5.39. The fourth-order valence-corrected chi connectivity index (χ4v) is 2.52. The molecular weight excluding hydrogens is 280 g/mol. The first-order chi connectivity index (χ1) is 9.52. The second kappa shape index (κ2) is 6.08. The van der Waals surface area contributed by atoms with E-state index in [0.29, 0.717) is 17.5 Å². The van der Waals surface area contributed by atoms with Crippen molar-refractivity contribution < 1.29 is 9.53 Å². The third kappa shape index (κ3) is 3.01. The van der Waals surface area contributed by atoms with E-state index in [0.717, 1.165) is 5.69 Å². The number of carbonyl (C=O) groups excluding carboxylic acids is 1. The molecule has 7 nitrogen and oxygen atoms in total. The number of ether oxygens (including phenoxy) is 1. The number of aromatic amines is 1. The fourth-order valence-electron chi connectivity index (χ4n) is 1.77. The lowest BCUT2D eigenvalue weighted by Gasteiger charge is -2.09. The predicted molar refractivity (Wildman–Crippen MR) is 75.1 cm³/mol. The number of hydrogen-bond acceptors (Lipinski definition) is 6. The SMILES string of the molecule is CCOC(=O)CSc1nnc2[nH]c(=O)cc(C(C)C)n12. The minimum absolute atomic E-state index is 0.137. The number of nitrogens with one attached hydrogen (secondary N) is 1. The average Bonchev–Trinajstić information content (AvgIpc) is 2.78. The molecule has 0 aliphatic heterocycles. The van der Waals surface area contributed by atoms with E-state index in [2.05, 4.69) is 15.2 Å². The molecule has 2 rings (SSSR count). The Balaban J connectivity index is 2.35. The molecule has 0 saturated carbocycles. The number of rotatable bonds is 5. The van der Waals surface area contributed by atoms with Gasteiger partial charge in [-0.2, -0.15) is 0 Å². The molecule has 0 radical (unpaired) electrons. The Hall–Kier alpha value is -1.83. The molecule has 0 unspecified atom stereocenters. The van der Waals surface area contributed by atoms with Crippen LogP contribution in [0.5, 0.6) is 0 Å². The molecule has 0 spiro atoms. The van der Waals surface area contributed by atoms with Gasteiger partial charge in [-0.25, -0.2) is 0 Å². The van der Waals surface area contributed by atoms with Gasteiger partial charge in [0, 0.05) is 11.8 Å². The average molecular weight is 296 g/mol. The molecule has 1 N–H and O–H groups in total. The summed E-state index contributed by atoms with van der Waals surface area (Å²) in [4.78, 5) is 25.6. The van der Waals surface area contributed by atoms with Crippen LogP contribution in [0.1, 0.15) is 32.4 Å². The van der Waals surface area contributed by atoms with E-state index in [4.69, 9.17) is 4.74 Å². The molecule has 0 amide bonds. The monoisotopic (exact) mass is 296 g/mol. The first-order valence-electron chi connectivity index (χ1n) is 6.29. The van der Waals surface area contributed by atoms with E-state index in [1.807, 2.05) is 13.8 Å². The van der Waals surface area contributed by atoms with Crippen molar-refractivity contribution in [2.75, 3.05) is 12.4 Å². The topological polar surface area (TPSA) is 89.3 Å². The molecule has 2 aromatic heterocycles. The molecule has 0 fully saturated rings. The Morgan fingerprint density at radius 2 is 2.25 bits per heavy atom. The summed E-state index contributed by atoms with van der Waals surface area (Å²) in [5, 5.41) is 8.50. The maximum atomic E-state index is 11.6. The van der Waals surface area contributed by atoms with Gasteiger partial charge in [-0.15, -0.1) is 10.2 Å². The summed E-state index contributed by atoms with van der Waals surface area (Å²) in [6.07, 6.45) is 0. The van der Waals surface area contributed by atoms with Gasteiger partial charge in [0.15, 0.2) is 5.16 Å². The van der Waals surface area contributed by atoms with Crippen LogP contribution in [0.15, 0.2) is 16.0 Å². The van der Waals surface area contributed by atoms with Crippen LogP contribution in [0.25, 0.3) is 5.78 Å². The zero-order chi connectivity index (χ0) is 14.7. The van der Waals surface area contributed by atoms with E-state index in [-0.39, 0.29) is 23.2 Å². The number of thioether (sulfide) groups is 1. The smallest absolute Gasteiger partial charge is 0.316 e. The highest BCUT2D eigenvalue weighted by Gasteiger charge is 2.15. The summed E-state index contributed by atoms with van der Waals surface area (Å²) in [5.74, 6) is 0.376. The lowest BCUT2D eigenvalue weighted by atomic mass is 10.1. The minimum atomic E-state index is -0.301. The Morgan fingerprint density at radius 3 is 2.90 bits per heavy atom. The second-order valence-electron chi connectivity index (χ2n) is 4.45. The highest BCUT2D eigenvalue weighted by molar-refractivity contribution is 7.99. The minimum Gasteiger partial charge on any atom is -0.465 e. The molecule has 0 saturated heterocycles. The van der Waals surface area contributed by atoms with Crippen LogP contribution in [0, 0.1) is 0 Å². The van der Waals surface area contributed by atoms with Gasteiger partial charge < -0.3 is 4.74 Å². The lowest BCUT2D eigenvalue weighted by molar-refractivity contribution is -0.139. The molecule has 0 aliphatic carbocycles. The lowest BCUT2D eigenvalue weighted by Crippen LogP contribution is -2.13. The van der Waals surface area contributed by atoms with Crippen LogP contribution in [0.3, 0.4) is 0 Å². The molecule has 2 heterocycles. The van der Waals surface area contributed by atoms with Crippen molar-refractivity contribution in [1.29, 1.82) is 0 Å². The van der Waals surface area contributed by atoms with Gasteiger partial charge in [-0.3, -0.25) is 19.0 Å². The van der Waals surface area contributed by atoms with Gasteiger partial charge >= 0.3 is 5.97 Å². The highest BCUT2D eigenvalue weighted by atomic mass is 32.2. The highest BCUT2D eigenvalue weighted by Crippen LogP contribution is 2.21. The molecule has 108 valence electrons. The third-order valence-electron chi connectivity index (χ3n) is 2.62. The van der Waals surface area contributed by atoms with Crippen LogP contribution in [0.4, 0.5) is 0 Å². The van der Waals surface area contributed by atoms with Crippen LogP contribution < -0.4 is 5.56 Å². The number of nitrogens with zero attached hydrogens (tertiary/aromatic N) is 3.